The summed E-state index contributed by atoms with van der Waals surface area (Å²) in [6, 6.07) is 3.17. The standard InChI is InChI=1S/C10H7F2NO3/c11-7-2-1-6(3-8(7)12)13-4-9(14)16-10(15)5-13/h1-3H,4-5H2. The van der Waals surface area contributed by atoms with E-state index in [1.54, 1.807) is 0 Å². The maximum absolute atomic E-state index is 12.9. The van der Waals surface area contributed by atoms with Gasteiger partial charge in [0.2, 0.25) is 0 Å². The van der Waals surface area contributed by atoms with Crippen LogP contribution in [0.3, 0.4) is 0 Å². The first-order chi connectivity index (χ1) is 7.56. The molecule has 0 radical (unpaired) electrons. The Kier molecular flexibility index (Phi) is 2.55. The number of carbonyl (C=O) groups is 2. The maximum Gasteiger partial charge on any atom is 0.333 e. The van der Waals surface area contributed by atoms with E-state index in [1.165, 1.54) is 11.0 Å². The van der Waals surface area contributed by atoms with Crippen molar-refractivity contribution in [3.05, 3.63) is 29.8 Å². The van der Waals surface area contributed by atoms with Crippen LogP contribution in [-0.4, -0.2) is 25.0 Å². The number of hydrogen-bond donors (Lipinski definition) is 0. The third-order valence-electron chi connectivity index (χ3n) is 2.14. The van der Waals surface area contributed by atoms with Gasteiger partial charge in [0.1, 0.15) is 13.1 Å². The van der Waals surface area contributed by atoms with Crippen molar-refractivity contribution < 1.29 is 23.1 Å². The number of rotatable bonds is 1. The lowest BCUT2D eigenvalue weighted by atomic mass is 10.2. The smallest absolute Gasteiger partial charge is 0.333 e. The predicted octanol–water partition coefficient (Wildman–Crippen LogP) is 0.855. The number of hydrogen-bond acceptors (Lipinski definition) is 4. The Balaban J connectivity index is 2.26. The van der Waals surface area contributed by atoms with Crippen molar-refractivity contribution >= 4 is 17.6 Å². The number of halogens is 2. The van der Waals surface area contributed by atoms with Gasteiger partial charge in [-0.15, -0.1) is 0 Å². The van der Waals surface area contributed by atoms with Crippen LogP contribution < -0.4 is 4.90 Å². The van der Waals surface area contributed by atoms with Gasteiger partial charge < -0.3 is 9.64 Å². The zero-order chi connectivity index (χ0) is 11.7. The van der Waals surface area contributed by atoms with Crippen LogP contribution in [-0.2, 0) is 14.3 Å². The monoisotopic (exact) mass is 227 g/mol. The third kappa shape index (κ3) is 2.00. The topological polar surface area (TPSA) is 46.6 Å². The molecule has 1 aliphatic rings. The van der Waals surface area contributed by atoms with E-state index in [-0.39, 0.29) is 18.8 Å². The molecule has 0 spiro atoms. The van der Waals surface area contributed by atoms with Crippen LogP contribution in [0.1, 0.15) is 0 Å². The van der Waals surface area contributed by atoms with E-state index < -0.39 is 23.6 Å². The molecule has 4 nitrogen and oxygen atoms in total. The van der Waals surface area contributed by atoms with E-state index >= 15 is 0 Å². The molecule has 0 bridgehead atoms. The molecule has 1 aliphatic heterocycles. The second-order valence-corrected chi connectivity index (χ2v) is 3.30. The zero-order valence-corrected chi connectivity index (χ0v) is 8.07. The highest BCUT2D eigenvalue weighted by atomic mass is 19.2. The van der Waals surface area contributed by atoms with Crippen molar-refractivity contribution in [1.29, 1.82) is 0 Å². The molecule has 0 atom stereocenters. The minimum Gasteiger partial charge on any atom is -0.390 e. The molecule has 16 heavy (non-hydrogen) atoms. The molecule has 84 valence electrons. The Morgan fingerprint density at radius 2 is 1.69 bits per heavy atom. The van der Waals surface area contributed by atoms with Crippen molar-refractivity contribution in [2.24, 2.45) is 0 Å². The first-order valence-electron chi connectivity index (χ1n) is 4.50. The summed E-state index contributed by atoms with van der Waals surface area (Å²) in [6.45, 7) is -0.312. The molecule has 1 fully saturated rings. The summed E-state index contributed by atoms with van der Waals surface area (Å²) >= 11 is 0. The molecule has 1 heterocycles. The summed E-state index contributed by atoms with van der Waals surface area (Å²) in [5.74, 6) is -3.42. The Hall–Kier alpha value is -1.98. The molecule has 6 heteroatoms. The molecule has 2 rings (SSSR count). The lowest BCUT2D eigenvalue weighted by molar-refractivity contribution is -0.160. The number of benzene rings is 1. The van der Waals surface area contributed by atoms with Crippen molar-refractivity contribution in [2.45, 2.75) is 0 Å². The Morgan fingerprint density at radius 3 is 2.25 bits per heavy atom. The summed E-state index contributed by atoms with van der Waals surface area (Å²) in [5.41, 5.74) is 0.268. The van der Waals surface area contributed by atoms with E-state index in [4.69, 9.17) is 0 Å². The molecule has 0 amide bonds. The number of carbonyl (C=O) groups excluding carboxylic acids is 2. The first kappa shape index (κ1) is 10.5. The SMILES string of the molecule is O=C1CN(c2ccc(F)c(F)c2)CC(=O)O1. The largest absolute Gasteiger partial charge is 0.390 e. The molecular weight excluding hydrogens is 220 g/mol. The number of ether oxygens (including phenoxy) is 1. The minimum absolute atomic E-state index is 0.156. The fourth-order valence-electron chi connectivity index (χ4n) is 1.42. The first-order valence-corrected chi connectivity index (χ1v) is 4.50. The fraction of sp³-hybridized carbons (Fsp3) is 0.200. The molecule has 0 N–H and O–H groups in total. The molecule has 0 unspecified atom stereocenters. The van der Waals surface area contributed by atoms with Gasteiger partial charge in [0.15, 0.2) is 11.6 Å². The van der Waals surface area contributed by atoms with Crippen LogP contribution in [0.5, 0.6) is 0 Å². The summed E-state index contributed by atoms with van der Waals surface area (Å²) in [7, 11) is 0. The quantitative estimate of drug-likeness (QED) is 0.527. The van der Waals surface area contributed by atoms with Crippen molar-refractivity contribution in [1.82, 2.24) is 0 Å². The van der Waals surface area contributed by atoms with Crippen LogP contribution in [0, 0.1) is 11.6 Å². The van der Waals surface area contributed by atoms with Crippen LogP contribution in [0.4, 0.5) is 14.5 Å². The second kappa shape index (κ2) is 3.88. The average molecular weight is 227 g/mol. The summed E-state index contributed by atoms with van der Waals surface area (Å²) in [4.78, 5) is 23.2. The van der Waals surface area contributed by atoms with E-state index in [1.807, 2.05) is 0 Å². The highest BCUT2D eigenvalue weighted by Gasteiger charge is 2.25. The van der Waals surface area contributed by atoms with Gasteiger partial charge in [0.05, 0.1) is 0 Å². The van der Waals surface area contributed by atoms with E-state index in [9.17, 15) is 18.4 Å². The number of nitrogens with zero attached hydrogens (tertiary/aromatic N) is 1. The highest BCUT2D eigenvalue weighted by Crippen LogP contribution is 2.19. The molecule has 0 saturated carbocycles. The second-order valence-electron chi connectivity index (χ2n) is 3.30. The molecule has 0 aliphatic carbocycles. The predicted molar refractivity (Wildman–Crippen MR) is 49.7 cm³/mol. The Bertz CT molecular complexity index is 445. The summed E-state index contributed by atoms with van der Waals surface area (Å²) < 4.78 is 29.9. The fourth-order valence-corrected chi connectivity index (χ4v) is 1.42. The van der Waals surface area contributed by atoms with Crippen LogP contribution >= 0.6 is 0 Å². The Labute approximate surface area is 89.4 Å². The minimum atomic E-state index is -1.02. The van der Waals surface area contributed by atoms with Crippen molar-refractivity contribution in [2.75, 3.05) is 18.0 Å². The molecule has 1 saturated heterocycles. The van der Waals surface area contributed by atoms with Crippen molar-refractivity contribution in [3.8, 4) is 0 Å². The lowest BCUT2D eigenvalue weighted by Gasteiger charge is -2.26. The Morgan fingerprint density at radius 1 is 1.06 bits per heavy atom. The van der Waals surface area contributed by atoms with E-state index in [0.29, 0.717) is 0 Å². The van der Waals surface area contributed by atoms with Gasteiger partial charge >= 0.3 is 11.9 Å². The van der Waals surface area contributed by atoms with Crippen molar-refractivity contribution in [3.63, 3.8) is 0 Å². The molecular formula is C10H7F2NO3. The number of anilines is 1. The number of morpholine rings is 1. The number of cyclic esters (lactones) is 2. The summed E-state index contributed by atoms with van der Waals surface area (Å²) in [6.07, 6.45) is 0. The van der Waals surface area contributed by atoms with Gasteiger partial charge in [-0.25, -0.2) is 18.4 Å². The van der Waals surface area contributed by atoms with Crippen LogP contribution in [0.2, 0.25) is 0 Å². The number of esters is 2. The van der Waals surface area contributed by atoms with E-state index in [0.717, 1.165) is 12.1 Å². The van der Waals surface area contributed by atoms with Gasteiger partial charge in [-0.3, -0.25) is 0 Å². The molecule has 1 aromatic rings. The molecule has 0 aromatic heterocycles. The van der Waals surface area contributed by atoms with E-state index in [2.05, 4.69) is 4.74 Å². The van der Waals surface area contributed by atoms with Gasteiger partial charge in [0.25, 0.3) is 0 Å². The van der Waals surface area contributed by atoms with Crippen LogP contribution in [0.15, 0.2) is 18.2 Å². The molecule has 1 aromatic carbocycles. The lowest BCUT2D eigenvalue weighted by Crippen LogP contribution is -2.43. The highest BCUT2D eigenvalue weighted by molar-refractivity contribution is 5.94. The van der Waals surface area contributed by atoms with Gasteiger partial charge in [-0.1, -0.05) is 0 Å². The average Bonchev–Trinajstić information content (AvgIpc) is 2.20. The van der Waals surface area contributed by atoms with Crippen LogP contribution in [0.25, 0.3) is 0 Å². The zero-order valence-electron chi connectivity index (χ0n) is 8.07. The summed E-state index contributed by atoms with van der Waals surface area (Å²) in [5, 5.41) is 0. The van der Waals surface area contributed by atoms with Gasteiger partial charge in [-0.05, 0) is 12.1 Å². The third-order valence-corrected chi connectivity index (χ3v) is 2.14. The maximum atomic E-state index is 12.9. The normalized spacial score (nSPS) is 16.2. The van der Waals surface area contributed by atoms with Gasteiger partial charge in [-0.2, -0.15) is 0 Å². The van der Waals surface area contributed by atoms with Gasteiger partial charge in [0, 0.05) is 11.8 Å².